The molecule has 4 nitrogen and oxygen atoms in total. The van der Waals surface area contributed by atoms with E-state index in [1.54, 1.807) is 22.9 Å². The van der Waals surface area contributed by atoms with Crippen molar-refractivity contribution in [1.82, 2.24) is 9.38 Å². The fourth-order valence-electron chi connectivity index (χ4n) is 0.980. The highest BCUT2D eigenvalue weighted by Gasteiger charge is 2.00. The first-order valence-corrected chi connectivity index (χ1v) is 2.89. The van der Waals surface area contributed by atoms with Crippen molar-refractivity contribution in [1.29, 1.82) is 0 Å². The maximum absolute atomic E-state index is 10.1. The molecule has 2 aromatic rings. The van der Waals surface area contributed by atoms with E-state index in [2.05, 4.69) is 10.2 Å². The number of nitroso groups, excluding NO2 is 1. The third-order valence-electron chi connectivity index (χ3n) is 1.45. The number of hydrogen-bond donors (Lipinski definition) is 1. The number of nitrogens with one attached hydrogen (secondary N) is 1. The van der Waals surface area contributed by atoms with Crippen LogP contribution in [-0.4, -0.2) is 9.38 Å². The van der Waals surface area contributed by atoms with E-state index in [0.29, 0.717) is 5.69 Å². The molecule has 0 aliphatic rings. The van der Waals surface area contributed by atoms with Gasteiger partial charge in [-0.3, -0.25) is 0 Å². The van der Waals surface area contributed by atoms with Crippen LogP contribution in [0.4, 0.5) is 5.69 Å². The van der Waals surface area contributed by atoms with Gasteiger partial charge in [-0.2, -0.15) is 0 Å². The summed E-state index contributed by atoms with van der Waals surface area (Å²) in [5.41, 5.74) is 1.19. The Morgan fingerprint density at radius 1 is 1.50 bits per heavy atom. The zero-order chi connectivity index (χ0) is 6.97. The summed E-state index contributed by atoms with van der Waals surface area (Å²) in [4.78, 5) is 13.0. The quantitative estimate of drug-likeness (QED) is 0.594. The lowest BCUT2D eigenvalue weighted by Crippen LogP contribution is -1.68. The molecule has 2 aromatic heterocycles. The van der Waals surface area contributed by atoms with Crippen molar-refractivity contribution in [2.24, 2.45) is 5.18 Å². The number of aromatic nitrogens is 2. The molecule has 50 valence electrons. The summed E-state index contributed by atoms with van der Waals surface area (Å²) in [5.74, 6) is 0. The van der Waals surface area contributed by atoms with Gasteiger partial charge in [-0.05, 0) is 11.2 Å². The molecule has 0 aromatic carbocycles. The number of fused-ring (bicyclic) bond motifs is 1. The van der Waals surface area contributed by atoms with Crippen molar-refractivity contribution in [2.45, 2.75) is 0 Å². The molecule has 0 fully saturated rings. The highest BCUT2D eigenvalue weighted by molar-refractivity contribution is 5.64. The van der Waals surface area contributed by atoms with E-state index in [0.717, 1.165) is 5.65 Å². The maximum atomic E-state index is 10.1. The fourth-order valence-corrected chi connectivity index (χ4v) is 0.980. The van der Waals surface area contributed by atoms with E-state index in [9.17, 15) is 4.91 Å². The minimum Gasteiger partial charge on any atom is -0.344 e. The number of H-pyrrole nitrogens is 1. The van der Waals surface area contributed by atoms with Crippen LogP contribution >= 0.6 is 0 Å². The number of aromatic amines is 1. The second-order valence-electron chi connectivity index (χ2n) is 2.01. The molecule has 0 saturated heterocycles. The molecule has 0 aliphatic heterocycles. The lowest BCUT2D eigenvalue weighted by atomic mass is 10.5. The van der Waals surface area contributed by atoms with Crippen LogP contribution in [0.5, 0.6) is 0 Å². The Morgan fingerprint density at radius 3 is 3.20 bits per heavy atom. The molecule has 4 heteroatoms. The van der Waals surface area contributed by atoms with Crippen molar-refractivity contribution >= 4 is 11.3 Å². The molecule has 0 spiro atoms. The minimum atomic E-state index is 0.449. The van der Waals surface area contributed by atoms with Crippen LogP contribution in [0.2, 0.25) is 0 Å². The van der Waals surface area contributed by atoms with E-state index < -0.39 is 0 Å². The molecule has 2 heterocycles. The summed E-state index contributed by atoms with van der Waals surface area (Å²) in [7, 11) is 0. The largest absolute Gasteiger partial charge is 0.344 e. The zero-order valence-electron chi connectivity index (χ0n) is 5.11. The van der Waals surface area contributed by atoms with Crippen molar-refractivity contribution in [2.75, 3.05) is 0 Å². The molecule has 0 amide bonds. The maximum Gasteiger partial charge on any atom is 0.150 e. The molecule has 0 aliphatic carbocycles. The fraction of sp³-hybridized carbons (Fsp3) is 0. The predicted molar refractivity (Wildman–Crippen MR) is 37.2 cm³/mol. The minimum absolute atomic E-state index is 0.449. The van der Waals surface area contributed by atoms with Gasteiger partial charge < -0.3 is 9.38 Å². The molecule has 10 heavy (non-hydrogen) atoms. The zero-order valence-corrected chi connectivity index (χ0v) is 5.11. The van der Waals surface area contributed by atoms with Gasteiger partial charge in [0.15, 0.2) is 5.69 Å². The van der Waals surface area contributed by atoms with Crippen LogP contribution in [0.15, 0.2) is 29.8 Å². The standard InChI is InChI=1S/C6H5N3O/c10-8-5-1-3-9-4-2-7-6(5)9/h1-4,7H. The normalized spacial score (nSPS) is 10.4. The van der Waals surface area contributed by atoms with Gasteiger partial charge in [-0.1, -0.05) is 0 Å². The summed E-state index contributed by atoms with van der Waals surface area (Å²) in [6.45, 7) is 0. The van der Waals surface area contributed by atoms with Gasteiger partial charge in [0.1, 0.15) is 5.65 Å². The summed E-state index contributed by atoms with van der Waals surface area (Å²) >= 11 is 0. The lowest BCUT2D eigenvalue weighted by Gasteiger charge is -1.79. The highest BCUT2D eigenvalue weighted by Crippen LogP contribution is 2.18. The van der Waals surface area contributed by atoms with Crippen LogP contribution in [0.25, 0.3) is 5.65 Å². The first kappa shape index (κ1) is 5.22. The summed E-state index contributed by atoms with van der Waals surface area (Å²) in [5, 5.41) is 2.83. The van der Waals surface area contributed by atoms with Gasteiger partial charge in [0.2, 0.25) is 0 Å². The van der Waals surface area contributed by atoms with Gasteiger partial charge in [0.25, 0.3) is 0 Å². The molecule has 0 radical (unpaired) electrons. The molecule has 2 rings (SSSR count). The molecular weight excluding hydrogens is 130 g/mol. The van der Waals surface area contributed by atoms with Gasteiger partial charge in [0.05, 0.1) is 0 Å². The Bertz CT molecular complexity index is 360. The first-order chi connectivity index (χ1) is 4.92. The topological polar surface area (TPSA) is 49.6 Å². The lowest BCUT2D eigenvalue weighted by molar-refractivity contribution is 1.23. The van der Waals surface area contributed by atoms with E-state index in [4.69, 9.17) is 0 Å². The SMILES string of the molecule is O=Nc1ccn2cc[nH]c12. The summed E-state index contributed by atoms with van der Waals surface area (Å²) < 4.78 is 1.80. The van der Waals surface area contributed by atoms with Crippen molar-refractivity contribution in [3.63, 3.8) is 0 Å². The highest BCUT2D eigenvalue weighted by atomic mass is 16.3. The number of nitrogens with zero attached hydrogens (tertiary/aromatic N) is 2. The van der Waals surface area contributed by atoms with Crippen molar-refractivity contribution in [3.8, 4) is 0 Å². The number of hydrogen-bond acceptors (Lipinski definition) is 2. The first-order valence-electron chi connectivity index (χ1n) is 2.89. The monoisotopic (exact) mass is 135 g/mol. The Kier molecular flexibility index (Phi) is 0.887. The third kappa shape index (κ3) is 0.500. The van der Waals surface area contributed by atoms with Crippen molar-refractivity contribution in [3.05, 3.63) is 29.6 Å². The van der Waals surface area contributed by atoms with E-state index >= 15 is 0 Å². The van der Waals surface area contributed by atoms with Gasteiger partial charge in [-0.15, -0.1) is 4.91 Å². The Hall–Kier alpha value is -1.58. The second kappa shape index (κ2) is 1.70. The summed E-state index contributed by atoms with van der Waals surface area (Å²) in [6.07, 6.45) is 5.36. The average Bonchev–Trinajstić information content (AvgIpc) is 2.44. The smallest absolute Gasteiger partial charge is 0.150 e. The summed E-state index contributed by atoms with van der Waals surface area (Å²) in [6, 6.07) is 1.67. The van der Waals surface area contributed by atoms with E-state index in [1.807, 2.05) is 6.20 Å². The van der Waals surface area contributed by atoms with Crippen LogP contribution < -0.4 is 0 Å². The van der Waals surface area contributed by atoms with Gasteiger partial charge >= 0.3 is 0 Å². The predicted octanol–water partition coefficient (Wildman–Crippen LogP) is 1.67. The molecule has 1 N–H and O–H groups in total. The molecular formula is C6H5N3O. The third-order valence-corrected chi connectivity index (χ3v) is 1.45. The molecule has 0 bridgehead atoms. The van der Waals surface area contributed by atoms with Gasteiger partial charge in [0, 0.05) is 18.6 Å². The van der Waals surface area contributed by atoms with Crippen molar-refractivity contribution < 1.29 is 0 Å². The Labute approximate surface area is 56.5 Å². The van der Waals surface area contributed by atoms with Crippen LogP contribution in [0.1, 0.15) is 0 Å². The Balaban J connectivity index is 2.88. The average molecular weight is 135 g/mol. The van der Waals surface area contributed by atoms with Crippen LogP contribution in [0, 0.1) is 4.91 Å². The second-order valence-corrected chi connectivity index (χ2v) is 2.01. The van der Waals surface area contributed by atoms with Crippen LogP contribution in [-0.2, 0) is 0 Å². The molecule has 0 unspecified atom stereocenters. The van der Waals surface area contributed by atoms with Gasteiger partial charge in [-0.25, -0.2) is 0 Å². The molecule has 0 saturated carbocycles. The Morgan fingerprint density at radius 2 is 2.40 bits per heavy atom. The molecule has 0 atom stereocenters. The number of rotatable bonds is 1. The van der Waals surface area contributed by atoms with E-state index in [1.165, 1.54) is 0 Å². The van der Waals surface area contributed by atoms with E-state index in [-0.39, 0.29) is 0 Å². The number of imidazole rings is 1. The van der Waals surface area contributed by atoms with Crippen LogP contribution in [0.3, 0.4) is 0 Å².